The summed E-state index contributed by atoms with van der Waals surface area (Å²) in [7, 11) is 0. The summed E-state index contributed by atoms with van der Waals surface area (Å²) in [4.78, 5) is 16.2. The third kappa shape index (κ3) is 3.83. The Morgan fingerprint density at radius 1 is 1.18 bits per heavy atom. The highest BCUT2D eigenvalue weighted by atomic mass is 16.4. The Labute approximate surface area is 135 Å². The maximum Gasteiger partial charge on any atom is 0.320 e. The molecule has 2 unspecified atom stereocenters. The number of hydrogen-bond donors (Lipinski definition) is 1. The zero-order valence-corrected chi connectivity index (χ0v) is 14.7. The Morgan fingerprint density at radius 3 is 2.50 bits per heavy atom. The number of likely N-dealkylation sites (tertiary alicyclic amines) is 2. The van der Waals surface area contributed by atoms with Crippen LogP contribution in [0.5, 0.6) is 0 Å². The van der Waals surface area contributed by atoms with Crippen molar-refractivity contribution in [3.8, 4) is 0 Å². The fourth-order valence-electron chi connectivity index (χ4n) is 4.33. The molecule has 0 aromatic rings. The first kappa shape index (κ1) is 17.7. The molecule has 1 N–H and O–H groups in total. The van der Waals surface area contributed by atoms with Gasteiger partial charge in [-0.2, -0.15) is 0 Å². The van der Waals surface area contributed by atoms with Gasteiger partial charge in [-0.3, -0.25) is 14.6 Å². The maximum atomic E-state index is 11.4. The van der Waals surface area contributed by atoms with Crippen LogP contribution in [-0.4, -0.2) is 58.1 Å². The van der Waals surface area contributed by atoms with E-state index in [0.717, 1.165) is 32.5 Å². The molecule has 0 radical (unpaired) electrons. The summed E-state index contributed by atoms with van der Waals surface area (Å²) < 4.78 is 0. The van der Waals surface area contributed by atoms with E-state index in [0.29, 0.717) is 11.6 Å². The largest absolute Gasteiger partial charge is 0.480 e. The Hall–Kier alpha value is -0.610. The van der Waals surface area contributed by atoms with E-state index in [1.54, 1.807) is 0 Å². The van der Waals surface area contributed by atoms with Crippen molar-refractivity contribution in [1.82, 2.24) is 9.80 Å². The van der Waals surface area contributed by atoms with Crippen LogP contribution in [0.4, 0.5) is 0 Å². The Balaban J connectivity index is 1.88. The minimum atomic E-state index is -0.629. The average molecular weight is 310 g/mol. The van der Waals surface area contributed by atoms with Crippen molar-refractivity contribution in [1.29, 1.82) is 0 Å². The van der Waals surface area contributed by atoms with Gasteiger partial charge in [-0.05, 0) is 39.2 Å². The van der Waals surface area contributed by atoms with Crippen molar-refractivity contribution in [2.75, 3.05) is 19.6 Å². The molecule has 0 spiro atoms. The number of rotatable bonds is 9. The molecule has 2 rings (SSSR count). The summed E-state index contributed by atoms with van der Waals surface area (Å²) in [5.41, 5.74) is 0.318. The second kappa shape index (κ2) is 7.78. The number of hydrogen-bond acceptors (Lipinski definition) is 3. The van der Waals surface area contributed by atoms with Crippen LogP contribution in [0.3, 0.4) is 0 Å². The molecule has 2 saturated heterocycles. The summed E-state index contributed by atoms with van der Waals surface area (Å²) in [6.45, 7) is 10.0. The quantitative estimate of drug-likeness (QED) is 0.663. The van der Waals surface area contributed by atoms with Crippen LogP contribution in [0.25, 0.3) is 0 Å². The standard InChI is InChI=1S/C18H34N2O2/c1-4-6-7-11-18(3,10-5-2)19-13-15(14-19)20-12-8-9-16(20)17(21)22/h15-16H,4-14H2,1-3H3,(H,21,22). The molecule has 2 aliphatic rings. The molecule has 4 heteroatoms. The number of unbranched alkanes of at least 4 members (excludes halogenated alkanes) is 2. The van der Waals surface area contributed by atoms with Gasteiger partial charge >= 0.3 is 5.97 Å². The molecule has 4 nitrogen and oxygen atoms in total. The van der Waals surface area contributed by atoms with Crippen molar-refractivity contribution in [2.24, 2.45) is 0 Å². The predicted molar refractivity (Wildman–Crippen MR) is 90.2 cm³/mol. The summed E-state index contributed by atoms with van der Waals surface area (Å²) in [5.74, 6) is -0.629. The second-order valence-electron chi connectivity index (χ2n) is 7.50. The summed E-state index contributed by atoms with van der Waals surface area (Å²) in [6.07, 6.45) is 9.55. The number of nitrogens with zero attached hydrogens (tertiary/aromatic N) is 2. The van der Waals surface area contributed by atoms with E-state index < -0.39 is 5.97 Å². The summed E-state index contributed by atoms with van der Waals surface area (Å²) in [6, 6.07) is 0.232. The highest BCUT2D eigenvalue weighted by molar-refractivity contribution is 5.73. The molecule has 22 heavy (non-hydrogen) atoms. The third-order valence-corrected chi connectivity index (χ3v) is 5.78. The Morgan fingerprint density at radius 2 is 1.91 bits per heavy atom. The lowest BCUT2D eigenvalue weighted by Gasteiger charge is -2.54. The molecule has 0 aromatic carbocycles. The molecule has 0 bridgehead atoms. The van der Waals surface area contributed by atoms with Gasteiger partial charge in [0.15, 0.2) is 0 Å². The molecule has 0 aromatic heterocycles. The molecule has 128 valence electrons. The van der Waals surface area contributed by atoms with Gasteiger partial charge in [0.1, 0.15) is 6.04 Å². The lowest BCUT2D eigenvalue weighted by molar-refractivity contribution is -0.145. The van der Waals surface area contributed by atoms with Crippen molar-refractivity contribution >= 4 is 5.97 Å². The number of carboxylic acid groups (broad SMARTS) is 1. The van der Waals surface area contributed by atoms with Crippen molar-refractivity contribution in [2.45, 2.75) is 89.8 Å². The normalized spacial score (nSPS) is 26.8. The highest BCUT2D eigenvalue weighted by Crippen LogP contribution is 2.35. The molecular weight excluding hydrogens is 276 g/mol. The molecular formula is C18H34N2O2. The van der Waals surface area contributed by atoms with E-state index in [2.05, 4.69) is 30.6 Å². The third-order valence-electron chi connectivity index (χ3n) is 5.78. The van der Waals surface area contributed by atoms with Crippen LogP contribution in [0.1, 0.15) is 72.1 Å². The van der Waals surface area contributed by atoms with Crippen molar-refractivity contribution in [3.05, 3.63) is 0 Å². The molecule has 2 heterocycles. The van der Waals surface area contributed by atoms with Crippen LogP contribution in [-0.2, 0) is 4.79 Å². The first-order valence-corrected chi connectivity index (χ1v) is 9.25. The van der Waals surface area contributed by atoms with Crippen LogP contribution in [0.15, 0.2) is 0 Å². The van der Waals surface area contributed by atoms with Crippen LogP contribution in [0, 0.1) is 0 Å². The van der Waals surface area contributed by atoms with Crippen molar-refractivity contribution in [3.63, 3.8) is 0 Å². The Kier molecular flexibility index (Phi) is 6.27. The number of aliphatic carboxylic acids is 1. The van der Waals surface area contributed by atoms with E-state index in [1.165, 1.54) is 38.5 Å². The fourth-order valence-corrected chi connectivity index (χ4v) is 4.33. The minimum absolute atomic E-state index is 0.232. The zero-order chi connectivity index (χ0) is 16.2. The molecule has 2 aliphatic heterocycles. The first-order chi connectivity index (χ1) is 10.5. The van der Waals surface area contributed by atoms with Gasteiger partial charge in [0.25, 0.3) is 0 Å². The molecule has 0 aliphatic carbocycles. The van der Waals surface area contributed by atoms with E-state index in [9.17, 15) is 9.90 Å². The van der Waals surface area contributed by atoms with Gasteiger partial charge in [0.05, 0.1) is 0 Å². The molecule has 0 saturated carbocycles. The van der Waals surface area contributed by atoms with Gasteiger partial charge in [-0.1, -0.05) is 39.5 Å². The number of carboxylic acids is 1. The lowest BCUT2D eigenvalue weighted by atomic mass is 9.84. The fraction of sp³-hybridized carbons (Fsp3) is 0.944. The monoisotopic (exact) mass is 310 g/mol. The van der Waals surface area contributed by atoms with E-state index in [1.807, 2.05) is 0 Å². The van der Waals surface area contributed by atoms with Gasteiger partial charge in [0.2, 0.25) is 0 Å². The van der Waals surface area contributed by atoms with E-state index in [4.69, 9.17) is 0 Å². The summed E-state index contributed by atoms with van der Waals surface area (Å²) in [5, 5.41) is 9.35. The SMILES string of the molecule is CCCCCC(C)(CCC)N1CC(N2CCCC2C(=O)O)C1. The predicted octanol–water partition coefficient (Wildman–Crippen LogP) is 3.36. The van der Waals surface area contributed by atoms with Crippen LogP contribution >= 0.6 is 0 Å². The average Bonchev–Trinajstić information content (AvgIpc) is 2.86. The topological polar surface area (TPSA) is 43.8 Å². The van der Waals surface area contributed by atoms with Gasteiger partial charge < -0.3 is 5.11 Å². The van der Waals surface area contributed by atoms with E-state index >= 15 is 0 Å². The molecule has 0 amide bonds. The summed E-state index contributed by atoms with van der Waals surface area (Å²) >= 11 is 0. The van der Waals surface area contributed by atoms with E-state index in [-0.39, 0.29) is 6.04 Å². The first-order valence-electron chi connectivity index (χ1n) is 9.25. The molecule has 2 atom stereocenters. The Bertz CT molecular complexity index is 368. The van der Waals surface area contributed by atoms with Gasteiger partial charge in [-0.15, -0.1) is 0 Å². The zero-order valence-electron chi connectivity index (χ0n) is 14.7. The van der Waals surface area contributed by atoms with Crippen molar-refractivity contribution < 1.29 is 9.90 Å². The smallest absolute Gasteiger partial charge is 0.320 e. The van der Waals surface area contributed by atoms with Crippen LogP contribution < -0.4 is 0 Å². The van der Waals surface area contributed by atoms with Crippen LogP contribution in [0.2, 0.25) is 0 Å². The highest BCUT2D eigenvalue weighted by Gasteiger charge is 2.45. The maximum absolute atomic E-state index is 11.4. The minimum Gasteiger partial charge on any atom is -0.480 e. The van der Waals surface area contributed by atoms with Gasteiger partial charge in [0, 0.05) is 24.7 Å². The lowest BCUT2D eigenvalue weighted by Crippen LogP contribution is -2.67. The second-order valence-corrected chi connectivity index (χ2v) is 7.50. The number of carbonyl (C=O) groups is 1. The molecule has 2 fully saturated rings. The van der Waals surface area contributed by atoms with Gasteiger partial charge in [-0.25, -0.2) is 0 Å².